The summed E-state index contributed by atoms with van der Waals surface area (Å²) in [5.41, 5.74) is 0.117. The number of hydrogen-bond acceptors (Lipinski definition) is 5. The molecule has 0 aliphatic heterocycles. The van der Waals surface area contributed by atoms with Crippen LogP contribution >= 0.6 is 0 Å². The highest BCUT2D eigenvalue weighted by Gasteiger charge is 2.35. The number of rotatable bonds is 4. The van der Waals surface area contributed by atoms with E-state index >= 15 is 0 Å². The van der Waals surface area contributed by atoms with Gasteiger partial charge < -0.3 is 10.4 Å². The summed E-state index contributed by atoms with van der Waals surface area (Å²) in [6.45, 7) is 1.66. The van der Waals surface area contributed by atoms with Crippen LogP contribution in [0.2, 0.25) is 0 Å². The largest absolute Gasteiger partial charge is 0.394 e. The average Bonchev–Trinajstić information content (AvgIpc) is 2.78. The van der Waals surface area contributed by atoms with E-state index in [2.05, 4.69) is 10.3 Å². The van der Waals surface area contributed by atoms with E-state index in [1.54, 1.807) is 19.2 Å². The van der Waals surface area contributed by atoms with Crippen molar-refractivity contribution in [3.8, 4) is 0 Å². The molecule has 18 heavy (non-hydrogen) atoms. The van der Waals surface area contributed by atoms with Crippen molar-refractivity contribution in [2.45, 2.75) is 38.1 Å². The molecule has 1 aromatic rings. The van der Waals surface area contributed by atoms with Crippen LogP contribution in [-0.2, 0) is 0 Å². The van der Waals surface area contributed by atoms with Gasteiger partial charge in [-0.15, -0.1) is 0 Å². The maximum absolute atomic E-state index is 11.1. The monoisotopic (exact) mass is 251 g/mol. The SMILES string of the molecule is Cc1ccnc(NC2(CO)CCCC2)c1[N+](=O)[O-]. The summed E-state index contributed by atoms with van der Waals surface area (Å²) in [5.74, 6) is 0.260. The van der Waals surface area contributed by atoms with Crippen LogP contribution in [0.1, 0.15) is 31.2 Å². The van der Waals surface area contributed by atoms with Crippen LogP contribution in [0, 0.1) is 17.0 Å². The van der Waals surface area contributed by atoms with Gasteiger partial charge in [0.15, 0.2) is 0 Å². The molecule has 0 radical (unpaired) electrons. The van der Waals surface area contributed by atoms with Gasteiger partial charge in [0.25, 0.3) is 0 Å². The van der Waals surface area contributed by atoms with E-state index in [1.165, 1.54) is 0 Å². The van der Waals surface area contributed by atoms with Crippen molar-refractivity contribution in [3.63, 3.8) is 0 Å². The van der Waals surface area contributed by atoms with Crippen LogP contribution < -0.4 is 5.32 Å². The van der Waals surface area contributed by atoms with Crippen LogP contribution in [0.25, 0.3) is 0 Å². The number of hydrogen-bond donors (Lipinski definition) is 2. The Kier molecular flexibility index (Phi) is 3.47. The smallest absolute Gasteiger partial charge is 0.314 e. The standard InChI is InChI=1S/C12H17N3O3/c1-9-4-7-13-11(10(9)15(17)18)14-12(8-16)5-2-3-6-12/h4,7,16H,2-3,5-6,8H2,1H3,(H,13,14). The van der Waals surface area contributed by atoms with Gasteiger partial charge in [-0.05, 0) is 25.8 Å². The topological polar surface area (TPSA) is 88.3 Å². The summed E-state index contributed by atoms with van der Waals surface area (Å²) in [6, 6.07) is 1.61. The van der Waals surface area contributed by atoms with Crippen LogP contribution in [0.15, 0.2) is 12.3 Å². The van der Waals surface area contributed by atoms with Gasteiger partial charge in [-0.25, -0.2) is 4.98 Å². The Bertz CT molecular complexity index is 456. The molecule has 2 rings (SSSR count). The van der Waals surface area contributed by atoms with Crippen molar-refractivity contribution in [2.75, 3.05) is 11.9 Å². The van der Waals surface area contributed by atoms with E-state index in [4.69, 9.17) is 0 Å². The number of nitro groups is 1. The minimum absolute atomic E-state index is 0.00257. The molecule has 6 heteroatoms. The van der Waals surface area contributed by atoms with Crippen LogP contribution in [0.3, 0.4) is 0 Å². The summed E-state index contributed by atoms with van der Waals surface area (Å²) < 4.78 is 0. The molecular weight excluding hydrogens is 234 g/mol. The second-order valence-electron chi connectivity index (χ2n) is 4.85. The fourth-order valence-corrected chi connectivity index (χ4v) is 2.50. The lowest BCUT2D eigenvalue weighted by molar-refractivity contribution is -0.384. The third-order valence-corrected chi connectivity index (χ3v) is 3.56. The van der Waals surface area contributed by atoms with E-state index in [0.717, 1.165) is 25.7 Å². The number of aliphatic hydroxyl groups is 1. The second-order valence-corrected chi connectivity index (χ2v) is 4.85. The van der Waals surface area contributed by atoms with Gasteiger partial charge in [-0.2, -0.15) is 0 Å². The van der Waals surface area contributed by atoms with Gasteiger partial charge in [0.1, 0.15) is 0 Å². The summed E-state index contributed by atoms with van der Waals surface area (Å²) in [6.07, 6.45) is 5.22. The molecule has 1 fully saturated rings. The number of pyridine rings is 1. The molecule has 1 aromatic heterocycles. The molecule has 0 aromatic carbocycles. The summed E-state index contributed by atoms with van der Waals surface area (Å²) in [4.78, 5) is 14.7. The van der Waals surface area contributed by atoms with E-state index in [-0.39, 0.29) is 18.1 Å². The minimum atomic E-state index is -0.453. The van der Waals surface area contributed by atoms with Crippen LogP contribution in [-0.4, -0.2) is 27.2 Å². The second kappa shape index (κ2) is 4.89. The molecule has 1 heterocycles. The van der Waals surface area contributed by atoms with Gasteiger partial charge >= 0.3 is 5.69 Å². The molecule has 2 N–H and O–H groups in total. The van der Waals surface area contributed by atoms with Gasteiger partial charge in [0.2, 0.25) is 5.82 Å². The Morgan fingerprint density at radius 1 is 1.56 bits per heavy atom. The fraction of sp³-hybridized carbons (Fsp3) is 0.583. The molecule has 98 valence electrons. The molecule has 0 amide bonds. The Morgan fingerprint density at radius 2 is 2.22 bits per heavy atom. The van der Waals surface area contributed by atoms with Gasteiger partial charge in [-0.3, -0.25) is 10.1 Å². The Hall–Kier alpha value is -1.69. The molecule has 0 bridgehead atoms. The third-order valence-electron chi connectivity index (χ3n) is 3.56. The summed E-state index contributed by atoms with van der Waals surface area (Å²) in [7, 11) is 0. The molecule has 1 aliphatic carbocycles. The number of anilines is 1. The Balaban J connectivity index is 2.34. The first kappa shape index (κ1) is 12.8. The average molecular weight is 251 g/mol. The zero-order valence-electron chi connectivity index (χ0n) is 10.3. The van der Waals surface area contributed by atoms with Crippen molar-refractivity contribution in [3.05, 3.63) is 27.9 Å². The van der Waals surface area contributed by atoms with Gasteiger partial charge in [0.05, 0.1) is 17.1 Å². The van der Waals surface area contributed by atoms with Crippen LogP contribution in [0.4, 0.5) is 11.5 Å². The van der Waals surface area contributed by atoms with Crippen molar-refractivity contribution in [1.82, 2.24) is 4.98 Å². The first-order valence-corrected chi connectivity index (χ1v) is 6.07. The third kappa shape index (κ3) is 2.28. The fourth-order valence-electron chi connectivity index (χ4n) is 2.50. The molecule has 0 unspecified atom stereocenters. The lowest BCUT2D eigenvalue weighted by Gasteiger charge is -2.28. The maximum atomic E-state index is 11.1. The number of aromatic nitrogens is 1. The van der Waals surface area contributed by atoms with Crippen molar-refractivity contribution in [2.24, 2.45) is 0 Å². The highest BCUT2D eigenvalue weighted by molar-refractivity contribution is 5.61. The highest BCUT2D eigenvalue weighted by atomic mass is 16.6. The minimum Gasteiger partial charge on any atom is -0.394 e. The quantitative estimate of drug-likeness (QED) is 0.631. The molecule has 1 aliphatic rings. The first-order valence-electron chi connectivity index (χ1n) is 6.07. The maximum Gasteiger partial charge on any atom is 0.314 e. The van der Waals surface area contributed by atoms with Gasteiger partial charge in [0, 0.05) is 11.8 Å². The zero-order chi connectivity index (χ0) is 13.2. The molecule has 1 saturated carbocycles. The highest BCUT2D eigenvalue weighted by Crippen LogP contribution is 2.35. The number of aryl methyl sites for hydroxylation is 1. The van der Waals surface area contributed by atoms with E-state index < -0.39 is 10.5 Å². The Labute approximate surface area is 105 Å². The predicted octanol–water partition coefficient (Wildman–Crippen LogP) is 2.02. The van der Waals surface area contributed by atoms with Crippen molar-refractivity contribution in [1.29, 1.82) is 0 Å². The van der Waals surface area contributed by atoms with Crippen molar-refractivity contribution >= 4 is 11.5 Å². The van der Waals surface area contributed by atoms with E-state index in [0.29, 0.717) is 5.56 Å². The number of aliphatic hydroxyl groups excluding tert-OH is 1. The zero-order valence-corrected chi connectivity index (χ0v) is 10.3. The van der Waals surface area contributed by atoms with Crippen LogP contribution in [0.5, 0.6) is 0 Å². The van der Waals surface area contributed by atoms with Gasteiger partial charge in [-0.1, -0.05) is 12.8 Å². The molecule has 6 nitrogen and oxygen atoms in total. The first-order chi connectivity index (χ1) is 8.58. The summed E-state index contributed by atoms with van der Waals surface area (Å²) >= 11 is 0. The predicted molar refractivity (Wildman–Crippen MR) is 67.5 cm³/mol. The molecule has 0 atom stereocenters. The number of nitrogens with one attached hydrogen (secondary N) is 1. The molecule has 0 saturated heterocycles. The normalized spacial score (nSPS) is 17.7. The molecular formula is C12H17N3O3. The van der Waals surface area contributed by atoms with E-state index in [1.807, 2.05) is 0 Å². The Morgan fingerprint density at radius 3 is 2.78 bits per heavy atom. The summed E-state index contributed by atoms with van der Waals surface area (Å²) in [5, 5.41) is 23.7. The lowest BCUT2D eigenvalue weighted by atomic mass is 9.99. The molecule has 0 spiro atoms. The number of nitrogens with zero attached hydrogens (tertiary/aromatic N) is 2. The van der Waals surface area contributed by atoms with E-state index in [9.17, 15) is 15.2 Å². The lowest BCUT2D eigenvalue weighted by Crippen LogP contribution is -2.39. The van der Waals surface area contributed by atoms with Crippen molar-refractivity contribution < 1.29 is 10.0 Å².